The zero-order valence-corrected chi connectivity index (χ0v) is 18.5. The Labute approximate surface area is 184 Å². The molecule has 0 saturated carbocycles. The first-order valence-electron chi connectivity index (χ1n) is 11.3. The topological polar surface area (TPSA) is 69.8 Å². The molecule has 1 atom stereocenters. The van der Waals surface area contributed by atoms with Crippen molar-refractivity contribution < 1.29 is 0 Å². The van der Waals surface area contributed by atoms with E-state index in [4.69, 9.17) is 4.99 Å². The number of aliphatic imine (C=N–C) groups is 1. The molecule has 0 spiro atoms. The van der Waals surface area contributed by atoms with Gasteiger partial charge in [-0.3, -0.25) is 9.30 Å². The molecule has 2 aromatic heterocycles. The summed E-state index contributed by atoms with van der Waals surface area (Å²) in [5, 5.41) is 15.5. The van der Waals surface area contributed by atoms with Gasteiger partial charge in [-0.15, -0.1) is 10.2 Å². The highest BCUT2D eigenvalue weighted by atomic mass is 15.3. The number of nitrogens with zero attached hydrogens (tertiary/aromatic N) is 5. The highest BCUT2D eigenvalue weighted by molar-refractivity contribution is 5.79. The van der Waals surface area contributed by atoms with Gasteiger partial charge in [-0.1, -0.05) is 43.3 Å². The number of nitrogens with one attached hydrogen (secondary N) is 2. The van der Waals surface area contributed by atoms with Crippen LogP contribution >= 0.6 is 0 Å². The van der Waals surface area contributed by atoms with Gasteiger partial charge in [0.25, 0.3) is 0 Å². The van der Waals surface area contributed by atoms with Crippen molar-refractivity contribution in [3.8, 4) is 0 Å². The first kappa shape index (κ1) is 21.3. The average Bonchev–Trinajstić information content (AvgIpc) is 3.22. The number of piperidine rings is 1. The number of rotatable bonds is 7. The minimum Gasteiger partial charge on any atom is -0.357 e. The normalized spacial score (nSPS) is 17.0. The van der Waals surface area contributed by atoms with E-state index < -0.39 is 0 Å². The van der Waals surface area contributed by atoms with E-state index in [0.29, 0.717) is 12.6 Å². The Morgan fingerprint density at radius 3 is 2.61 bits per heavy atom. The van der Waals surface area contributed by atoms with Crippen LogP contribution < -0.4 is 10.6 Å². The quantitative estimate of drug-likeness (QED) is 0.454. The Morgan fingerprint density at radius 1 is 1.06 bits per heavy atom. The number of guanidine groups is 1. The van der Waals surface area contributed by atoms with Crippen molar-refractivity contribution in [3.05, 3.63) is 66.1 Å². The van der Waals surface area contributed by atoms with Crippen molar-refractivity contribution in [3.63, 3.8) is 0 Å². The van der Waals surface area contributed by atoms with Crippen LogP contribution in [0, 0.1) is 5.92 Å². The molecule has 7 heteroatoms. The molecule has 0 bridgehead atoms. The molecule has 0 amide bonds. The molecule has 7 nitrogen and oxygen atoms in total. The van der Waals surface area contributed by atoms with E-state index in [-0.39, 0.29) is 0 Å². The van der Waals surface area contributed by atoms with Gasteiger partial charge in [-0.25, -0.2) is 4.99 Å². The van der Waals surface area contributed by atoms with Crippen LogP contribution in [0.3, 0.4) is 0 Å². The van der Waals surface area contributed by atoms with E-state index in [1.54, 1.807) is 0 Å². The first-order chi connectivity index (χ1) is 15.2. The highest BCUT2D eigenvalue weighted by Gasteiger charge is 2.24. The fourth-order valence-corrected chi connectivity index (χ4v) is 4.16. The molecule has 2 N–H and O–H groups in total. The molecule has 3 aromatic rings. The van der Waals surface area contributed by atoms with Gasteiger partial charge in [0.1, 0.15) is 6.54 Å². The zero-order chi connectivity index (χ0) is 21.5. The van der Waals surface area contributed by atoms with Gasteiger partial charge in [0, 0.05) is 19.3 Å². The SMILES string of the molecule is CCNC(=NCc1nnc2ccccn12)NCC(c1ccccc1)N1CCC(C)CC1. The van der Waals surface area contributed by atoms with E-state index in [2.05, 4.69) is 69.9 Å². The average molecular weight is 420 g/mol. The molecule has 1 unspecified atom stereocenters. The van der Waals surface area contributed by atoms with Crippen molar-refractivity contribution in [1.29, 1.82) is 0 Å². The fourth-order valence-electron chi connectivity index (χ4n) is 4.16. The van der Waals surface area contributed by atoms with Crippen LogP contribution in [-0.2, 0) is 6.54 Å². The second-order valence-electron chi connectivity index (χ2n) is 8.27. The van der Waals surface area contributed by atoms with Crippen LogP contribution in [0.2, 0.25) is 0 Å². The summed E-state index contributed by atoms with van der Waals surface area (Å²) < 4.78 is 1.98. The summed E-state index contributed by atoms with van der Waals surface area (Å²) in [6.07, 6.45) is 4.50. The van der Waals surface area contributed by atoms with E-state index in [1.165, 1.54) is 18.4 Å². The molecule has 1 saturated heterocycles. The van der Waals surface area contributed by atoms with Gasteiger partial charge in [-0.2, -0.15) is 0 Å². The predicted octanol–water partition coefficient (Wildman–Crippen LogP) is 3.26. The number of benzene rings is 1. The maximum atomic E-state index is 4.78. The monoisotopic (exact) mass is 419 g/mol. The van der Waals surface area contributed by atoms with Gasteiger partial charge in [-0.05, 0) is 56.5 Å². The lowest BCUT2D eigenvalue weighted by atomic mass is 9.95. The third kappa shape index (κ3) is 5.41. The third-order valence-corrected chi connectivity index (χ3v) is 6.01. The number of likely N-dealkylation sites (tertiary alicyclic amines) is 1. The third-order valence-electron chi connectivity index (χ3n) is 6.01. The summed E-state index contributed by atoms with van der Waals surface area (Å²) in [4.78, 5) is 7.39. The van der Waals surface area contributed by atoms with Crippen molar-refractivity contribution in [2.75, 3.05) is 26.2 Å². The van der Waals surface area contributed by atoms with Crippen LogP contribution in [0.5, 0.6) is 0 Å². The van der Waals surface area contributed by atoms with E-state index in [1.807, 2.05) is 28.8 Å². The van der Waals surface area contributed by atoms with E-state index in [9.17, 15) is 0 Å². The van der Waals surface area contributed by atoms with Crippen LogP contribution in [0.1, 0.15) is 44.1 Å². The molecule has 1 fully saturated rings. The molecule has 3 heterocycles. The number of pyridine rings is 1. The zero-order valence-electron chi connectivity index (χ0n) is 18.5. The summed E-state index contributed by atoms with van der Waals surface area (Å²) in [6, 6.07) is 17.0. The Bertz CT molecular complexity index is 974. The number of aromatic nitrogens is 3. The lowest BCUT2D eigenvalue weighted by Crippen LogP contribution is -2.45. The molecule has 4 rings (SSSR count). The molecule has 164 valence electrons. The molecular formula is C24H33N7. The fraction of sp³-hybridized carbons (Fsp3) is 0.458. The van der Waals surface area contributed by atoms with Gasteiger partial charge < -0.3 is 10.6 Å². The van der Waals surface area contributed by atoms with E-state index in [0.717, 1.165) is 49.5 Å². The van der Waals surface area contributed by atoms with Gasteiger partial charge in [0.2, 0.25) is 0 Å². The second kappa shape index (κ2) is 10.4. The first-order valence-corrected chi connectivity index (χ1v) is 11.3. The van der Waals surface area contributed by atoms with Crippen molar-refractivity contribution in [1.82, 2.24) is 30.1 Å². The lowest BCUT2D eigenvalue weighted by Gasteiger charge is -2.37. The Morgan fingerprint density at radius 2 is 1.84 bits per heavy atom. The molecule has 1 aliphatic heterocycles. The molecular weight excluding hydrogens is 386 g/mol. The Kier molecular flexibility index (Phi) is 7.14. The Balaban J connectivity index is 1.47. The maximum Gasteiger partial charge on any atom is 0.191 e. The maximum absolute atomic E-state index is 4.78. The summed E-state index contributed by atoms with van der Waals surface area (Å²) in [6.45, 7) is 8.82. The standard InChI is InChI=1S/C24H33N7/c1-3-25-24(27-18-23-29-28-22-11-7-8-14-31(22)23)26-17-21(20-9-5-4-6-10-20)30-15-12-19(2)13-16-30/h4-11,14,19,21H,3,12-13,15-18H2,1-2H3,(H2,25,26,27). The van der Waals surface area contributed by atoms with Crippen molar-refractivity contribution in [2.24, 2.45) is 10.9 Å². The summed E-state index contributed by atoms with van der Waals surface area (Å²) in [5.74, 6) is 2.46. The van der Waals surface area contributed by atoms with Crippen LogP contribution in [-0.4, -0.2) is 51.6 Å². The molecule has 0 radical (unpaired) electrons. The second-order valence-corrected chi connectivity index (χ2v) is 8.27. The van der Waals surface area contributed by atoms with Crippen LogP contribution in [0.25, 0.3) is 5.65 Å². The summed E-state index contributed by atoms with van der Waals surface area (Å²) in [7, 11) is 0. The molecule has 0 aliphatic carbocycles. The minimum absolute atomic E-state index is 0.325. The van der Waals surface area contributed by atoms with Crippen LogP contribution in [0.15, 0.2) is 59.7 Å². The smallest absolute Gasteiger partial charge is 0.191 e. The number of hydrogen-bond acceptors (Lipinski definition) is 4. The van der Waals surface area contributed by atoms with Crippen LogP contribution in [0.4, 0.5) is 0 Å². The van der Waals surface area contributed by atoms with Crippen molar-refractivity contribution in [2.45, 2.75) is 39.3 Å². The number of fused-ring (bicyclic) bond motifs is 1. The molecule has 1 aliphatic rings. The summed E-state index contributed by atoms with van der Waals surface area (Å²) in [5.41, 5.74) is 2.19. The van der Waals surface area contributed by atoms with Gasteiger partial charge in [0.05, 0.1) is 6.04 Å². The summed E-state index contributed by atoms with van der Waals surface area (Å²) >= 11 is 0. The Hall–Kier alpha value is -2.93. The predicted molar refractivity (Wildman–Crippen MR) is 125 cm³/mol. The molecule has 1 aromatic carbocycles. The lowest BCUT2D eigenvalue weighted by molar-refractivity contribution is 0.138. The molecule has 31 heavy (non-hydrogen) atoms. The number of hydrogen-bond donors (Lipinski definition) is 2. The van der Waals surface area contributed by atoms with Gasteiger partial charge in [0.15, 0.2) is 17.4 Å². The minimum atomic E-state index is 0.325. The highest BCUT2D eigenvalue weighted by Crippen LogP contribution is 2.26. The largest absolute Gasteiger partial charge is 0.357 e. The van der Waals surface area contributed by atoms with Gasteiger partial charge >= 0.3 is 0 Å². The van der Waals surface area contributed by atoms with Crippen molar-refractivity contribution >= 4 is 11.6 Å². The van der Waals surface area contributed by atoms with E-state index >= 15 is 0 Å².